The number of carbonyl (C=O) groups excluding carboxylic acids is 4. The summed E-state index contributed by atoms with van der Waals surface area (Å²) in [5.41, 5.74) is 5.35. The lowest BCUT2D eigenvalue weighted by atomic mass is 9.85. The maximum Gasteiger partial charge on any atom is 0.407 e. The minimum atomic E-state index is -0.669. The molecule has 4 atom stereocenters. The Hall–Kier alpha value is -3.34. The zero-order valence-corrected chi connectivity index (χ0v) is 22.2. The van der Waals surface area contributed by atoms with Crippen molar-refractivity contribution in [3.63, 3.8) is 0 Å². The first-order chi connectivity index (χ1) is 18.0. The number of piperidine rings is 1. The summed E-state index contributed by atoms with van der Waals surface area (Å²) < 4.78 is 5.29. The van der Waals surface area contributed by atoms with Crippen molar-refractivity contribution in [2.75, 3.05) is 6.54 Å². The van der Waals surface area contributed by atoms with Gasteiger partial charge in [0.1, 0.15) is 18.2 Å². The molecule has 2 heterocycles. The summed E-state index contributed by atoms with van der Waals surface area (Å²) in [7, 11) is 0. The Morgan fingerprint density at radius 1 is 1.05 bits per heavy atom. The molecule has 206 valence electrons. The number of urea groups is 1. The molecule has 0 aromatic heterocycles. The van der Waals surface area contributed by atoms with Crippen molar-refractivity contribution in [2.45, 2.75) is 89.6 Å². The molecule has 2 saturated heterocycles. The highest BCUT2D eigenvalue weighted by atomic mass is 16.7. The van der Waals surface area contributed by atoms with E-state index in [1.54, 1.807) is 25.7 Å². The van der Waals surface area contributed by atoms with Crippen LogP contribution in [0.3, 0.4) is 0 Å². The lowest BCUT2D eigenvalue weighted by Crippen LogP contribution is -2.56. The van der Waals surface area contributed by atoms with E-state index in [1.807, 2.05) is 30.3 Å². The third-order valence-electron chi connectivity index (χ3n) is 8.01. The van der Waals surface area contributed by atoms with Crippen molar-refractivity contribution in [3.8, 4) is 0 Å². The Bertz CT molecular complexity index is 1090. The van der Waals surface area contributed by atoms with Crippen molar-refractivity contribution in [2.24, 2.45) is 11.3 Å². The highest BCUT2D eigenvalue weighted by Crippen LogP contribution is 2.59. The molecule has 3 N–H and O–H groups in total. The van der Waals surface area contributed by atoms with Gasteiger partial charge in [-0.3, -0.25) is 25.3 Å². The number of fused-ring (bicyclic) bond motifs is 3. The molecule has 38 heavy (non-hydrogen) atoms. The van der Waals surface area contributed by atoms with Gasteiger partial charge in [-0.1, -0.05) is 30.3 Å². The van der Waals surface area contributed by atoms with Gasteiger partial charge in [-0.25, -0.2) is 9.59 Å². The number of nitrogens with zero attached hydrogens (tertiary/aromatic N) is 2. The number of hydrogen-bond donors (Lipinski definition) is 3. The fourth-order valence-corrected chi connectivity index (χ4v) is 5.86. The lowest BCUT2D eigenvalue weighted by Gasteiger charge is -2.35. The maximum absolute atomic E-state index is 13.2. The number of nitrogens with one attached hydrogen (secondary N) is 3. The topological polar surface area (TPSA) is 129 Å². The van der Waals surface area contributed by atoms with E-state index < -0.39 is 23.6 Å². The van der Waals surface area contributed by atoms with Gasteiger partial charge < -0.3 is 15.0 Å². The third kappa shape index (κ3) is 5.57. The van der Waals surface area contributed by atoms with Crippen LogP contribution in [0, 0.1) is 11.3 Å². The van der Waals surface area contributed by atoms with Gasteiger partial charge in [0.25, 0.3) is 5.91 Å². The van der Waals surface area contributed by atoms with Gasteiger partial charge >= 0.3 is 12.1 Å². The largest absolute Gasteiger partial charge is 0.444 e. The maximum atomic E-state index is 13.2. The fraction of sp³-hybridized carbons (Fsp3) is 0.630. The molecular formula is C27H37N5O6. The van der Waals surface area contributed by atoms with Crippen LogP contribution in [0.2, 0.25) is 0 Å². The average Bonchev–Trinajstić information content (AvgIpc) is 3.36. The van der Waals surface area contributed by atoms with Gasteiger partial charge in [-0.15, -0.1) is 0 Å². The van der Waals surface area contributed by atoms with Crippen LogP contribution in [0.4, 0.5) is 9.59 Å². The third-order valence-corrected chi connectivity index (χ3v) is 8.01. The molecule has 1 spiro atoms. The molecule has 4 aliphatic rings. The first-order valence-corrected chi connectivity index (χ1v) is 13.4. The Morgan fingerprint density at radius 2 is 1.76 bits per heavy atom. The number of ether oxygens (including phenoxy) is 1. The zero-order valence-electron chi connectivity index (χ0n) is 22.2. The van der Waals surface area contributed by atoms with E-state index >= 15 is 0 Å². The predicted octanol–water partition coefficient (Wildman–Crippen LogP) is 2.62. The second kappa shape index (κ2) is 10.1. The predicted molar refractivity (Wildman–Crippen MR) is 136 cm³/mol. The van der Waals surface area contributed by atoms with Crippen LogP contribution in [0.5, 0.6) is 0 Å². The van der Waals surface area contributed by atoms with E-state index in [0.717, 1.165) is 18.4 Å². The quantitative estimate of drug-likeness (QED) is 0.488. The summed E-state index contributed by atoms with van der Waals surface area (Å²) in [4.78, 5) is 58.6. The highest BCUT2D eigenvalue weighted by Gasteiger charge is 2.64. The first-order valence-electron chi connectivity index (χ1n) is 13.4. The van der Waals surface area contributed by atoms with E-state index in [0.29, 0.717) is 32.2 Å². The van der Waals surface area contributed by atoms with Crippen LogP contribution >= 0.6 is 0 Å². The molecule has 2 saturated carbocycles. The molecule has 5 amide bonds. The fourth-order valence-electron chi connectivity index (χ4n) is 5.86. The van der Waals surface area contributed by atoms with Gasteiger partial charge in [-0.2, -0.15) is 5.06 Å². The normalized spacial score (nSPS) is 27.3. The molecule has 2 bridgehead atoms. The van der Waals surface area contributed by atoms with Gasteiger partial charge in [0.15, 0.2) is 0 Å². The number of hydrazine groups is 1. The van der Waals surface area contributed by atoms with Crippen molar-refractivity contribution >= 4 is 23.9 Å². The Kier molecular flexibility index (Phi) is 6.97. The van der Waals surface area contributed by atoms with Crippen LogP contribution in [0.15, 0.2) is 30.3 Å². The van der Waals surface area contributed by atoms with Crippen molar-refractivity contribution in [1.82, 2.24) is 26.1 Å². The summed E-state index contributed by atoms with van der Waals surface area (Å²) in [6.45, 7) is 6.10. The minimum Gasteiger partial charge on any atom is -0.444 e. The smallest absolute Gasteiger partial charge is 0.407 e. The molecule has 5 rings (SSSR count). The van der Waals surface area contributed by atoms with E-state index in [4.69, 9.17) is 9.57 Å². The Morgan fingerprint density at radius 3 is 2.45 bits per heavy atom. The number of benzene rings is 1. The molecular weight excluding hydrogens is 490 g/mol. The lowest BCUT2D eigenvalue weighted by molar-refractivity contribution is -0.153. The summed E-state index contributed by atoms with van der Waals surface area (Å²) in [5, 5.41) is 4.27. The monoisotopic (exact) mass is 527 g/mol. The van der Waals surface area contributed by atoms with Gasteiger partial charge in [0.2, 0.25) is 5.91 Å². The first kappa shape index (κ1) is 26.3. The molecule has 0 radical (unpaired) electrons. The second-order valence-corrected chi connectivity index (χ2v) is 11.9. The van der Waals surface area contributed by atoms with E-state index in [-0.39, 0.29) is 42.0 Å². The summed E-state index contributed by atoms with van der Waals surface area (Å²) in [6, 6.07) is 8.44. The van der Waals surface area contributed by atoms with Crippen LogP contribution in [-0.2, 0) is 25.8 Å². The van der Waals surface area contributed by atoms with E-state index in [9.17, 15) is 19.2 Å². The van der Waals surface area contributed by atoms with E-state index in [2.05, 4.69) is 16.2 Å². The Labute approximate surface area is 222 Å². The standard InChI is InChI=1S/C27H37N5O6/c1-26(2,3)38-24(35)28-19-10-9-18(13-19)22(33)29-30-23(34)20-14-27(11-12-27)21-15-31(20)25(36)32(21)37-16-17-7-5-4-6-8-17/h4-8,18-21H,9-16H2,1-3H3,(H,28,35)(H,29,33)(H,30,34)/t18-,19+,20-,21+/m0/s1. The molecule has 1 aromatic rings. The number of hydrogen-bond acceptors (Lipinski definition) is 6. The SMILES string of the molecule is CC(C)(C)OC(=O)N[C@@H]1CC[C@H](C(=O)NNC(=O)[C@@H]2CC3(CC3)[C@H]3CN2C(=O)N3OCc2ccccc2)C1. The van der Waals surface area contributed by atoms with Crippen molar-refractivity contribution in [1.29, 1.82) is 0 Å². The molecule has 11 nitrogen and oxygen atoms in total. The molecule has 0 unspecified atom stereocenters. The number of hydroxylamine groups is 2. The molecule has 4 fully saturated rings. The van der Waals surface area contributed by atoms with Crippen molar-refractivity contribution in [3.05, 3.63) is 35.9 Å². The minimum absolute atomic E-state index is 0.0785. The molecule has 2 aliphatic carbocycles. The number of alkyl carbamates (subject to hydrolysis) is 1. The van der Waals surface area contributed by atoms with Gasteiger partial charge in [0, 0.05) is 18.5 Å². The number of amides is 5. The molecule has 2 aliphatic heterocycles. The van der Waals surface area contributed by atoms with Crippen LogP contribution in [0.25, 0.3) is 0 Å². The summed E-state index contributed by atoms with van der Waals surface area (Å²) in [6.07, 6.45) is 3.63. The molecule has 1 aromatic carbocycles. The highest BCUT2D eigenvalue weighted by molar-refractivity contribution is 5.90. The Balaban J connectivity index is 1.12. The van der Waals surface area contributed by atoms with Crippen LogP contribution in [0.1, 0.15) is 64.9 Å². The number of rotatable bonds is 6. The zero-order chi connectivity index (χ0) is 27.1. The summed E-state index contributed by atoms with van der Waals surface area (Å²) >= 11 is 0. The van der Waals surface area contributed by atoms with Crippen LogP contribution in [-0.4, -0.2) is 64.2 Å². The van der Waals surface area contributed by atoms with E-state index in [1.165, 1.54) is 5.06 Å². The second-order valence-electron chi connectivity index (χ2n) is 11.9. The van der Waals surface area contributed by atoms with Crippen LogP contribution < -0.4 is 16.2 Å². The summed E-state index contributed by atoms with van der Waals surface area (Å²) in [5.74, 6) is -1.04. The van der Waals surface area contributed by atoms with Crippen molar-refractivity contribution < 1.29 is 28.8 Å². The molecule has 11 heteroatoms. The average molecular weight is 528 g/mol. The van der Waals surface area contributed by atoms with Gasteiger partial charge in [-0.05, 0) is 70.3 Å². The van der Waals surface area contributed by atoms with Gasteiger partial charge in [0.05, 0.1) is 6.04 Å². The number of carbonyl (C=O) groups is 4.